The molecule has 0 unspecified atom stereocenters. The van der Waals surface area contributed by atoms with Crippen LogP contribution in [0.25, 0.3) is 0 Å². The molecule has 0 aliphatic carbocycles. The quantitative estimate of drug-likeness (QED) is 0.757. The first-order chi connectivity index (χ1) is 13.6. The third-order valence-electron chi connectivity index (χ3n) is 4.92. The summed E-state index contributed by atoms with van der Waals surface area (Å²) in [6.45, 7) is 1.96. The average molecular weight is 379 g/mol. The minimum atomic E-state index is -0.361. The molecule has 0 radical (unpaired) electrons. The van der Waals surface area contributed by atoms with Gasteiger partial charge in [0.05, 0.1) is 29.7 Å². The van der Waals surface area contributed by atoms with Crippen LogP contribution in [0.2, 0.25) is 0 Å². The van der Waals surface area contributed by atoms with Crippen molar-refractivity contribution in [3.05, 3.63) is 47.7 Å². The van der Waals surface area contributed by atoms with Crippen LogP contribution >= 0.6 is 0 Å². The van der Waals surface area contributed by atoms with Crippen LogP contribution in [0.5, 0.6) is 0 Å². The summed E-state index contributed by atoms with van der Waals surface area (Å²) in [6, 6.07) is 8.30. The Kier molecular flexibility index (Phi) is 4.92. The van der Waals surface area contributed by atoms with Crippen molar-refractivity contribution in [2.24, 2.45) is 0 Å². The Bertz CT molecular complexity index is 920. The van der Waals surface area contributed by atoms with Crippen molar-refractivity contribution >= 4 is 34.9 Å². The van der Waals surface area contributed by atoms with E-state index in [9.17, 15) is 14.4 Å². The molecule has 28 heavy (non-hydrogen) atoms. The smallest absolute Gasteiger partial charge is 0.256 e. The predicted octanol–water partition coefficient (Wildman–Crippen LogP) is 2.01. The zero-order valence-corrected chi connectivity index (χ0v) is 15.3. The molecule has 0 atom stereocenters. The summed E-state index contributed by atoms with van der Waals surface area (Å²) in [5.41, 5.74) is 2.03. The van der Waals surface area contributed by atoms with Crippen molar-refractivity contribution < 1.29 is 14.4 Å². The van der Waals surface area contributed by atoms with Crippen LogP contribution in [-0.4, -0.2) is 42.3 Å². The lowest BCUT2D eigenvalue weighted by Gasteiger charge is -2.28. The average Bonchev–Trinajstić information content (AvgIpc) is 2.87. The number of anilines is 3. The maximum atomic E-state index is 12.6. The second-order valence-electron chi connectivity index (χ2n) is 6.89. The third-order valence-corrected chi connectivity index (χ3v) is 4.92. The lowest BCUT2D eigenvalue weighted by molar-refractivity contribution is -0.115. The van der Waals surface area contributed by atoms with Crippen LogP contribution in [-0.2, 0) is 4.79 Å². The van der Waals surface area contributed by atoms with E-state index in [4.69, 9.17) is 0 Å². The zero-order valence-electron chi connectivity index (χ0n) is 15.3. The molecule has 8 heteroatoms. The van der Waals surface area contributed by atoms with Gasteiger partial charge in [-0.3, -0.25) is 14.4 Å². The number of aromatic nitrogens is 1. The molecular weight excluding hydrogens is 358 g/mol. The topological polar surface area (TPSA) is 103 Å². The van der Waals surface area contributed by atoms with Gasteiger partial charge in [0.15, 0.2) is 0 Å². The fourth-order valence-electron chi connectivity index (χ4n) is 3.42. The molecule has 1 saturated heterocycles. The molecule has 144 valence electrons. The summed E-state index contributed by atoms with van der Waals surface area (Å²) in [7, 11) is 0. The number of hydrogen-bond donors (Lipinski definition) is 3. The SMILES string of the molecule is O=C1CNC(=O)c2ccc(C(=O)Nc3ccc(N4CCCCC4)cn3)cc2N1. The Balaban J connectivity index is 1.48. The van der Waals surface area contributed by atoms with E-state index in [0.717, 1.165) is 18.8 Å². The van der Waals surface area contributed by atoms with Gasteiger partial charge in [0.1, 0.15) is 5.82 Å². The molecule has 0 saturated carbocycles. The monoisotopic (exact) mass is 379 g/mol. The van der Waals surface area contributed by atoms with Gasteiger partial charge in [-0.05, 0) is 49.6 Å². The normalized spacial score (nSPS) is 16.5. The van der Waals surface area contributed by atoms with Crippen LogP contribution in [0.4, 0.5) is 17.2 Å². The Hall–Kier alpha value is -3.42. The summed E-state index contributed by atoms with van der Waals surface area (Å²) in [6.07, 6.45) is 5.40. The highest BCUT2D eigenvalue weighted by molar-refractivity contribution is 6.11. The number of fused-ring (bicyclic) bond motifs is 1. The molecule has 8 nitrogen and oxygen atoms in total. The van der Waals surface area contributed by atoms with Gasteiger partial charge in [0.2, 0.25) is 5.91 Å². The van der Waals surface area contributed by atoms with Crippen LogP contribution in [0.1, 0.15) is 40.0 Å². The molecule has 3 heterocycles. The lowest BCUT2D eigenvalue weighted by atomic mass is 10.1. The van der Waals surface area contributed by atoms with Crippen molar-refractivity contribution in [3.63, 3.8) is 0 Å². The molecule has 4 rings (SSSR count). The minimum Gasteiger partial charge on any atom is -0.370 e. The van der Waals surface area contributed by atoms with Gasteiger partial charge in [-0.1, -0.05) is 0 Å². The number of hydrogen-bond acceptors (Lipinski definition) is 5. The van der Waals surface area contributed by atoms with Crippen molar-refractivity contribution in [2.75, 3.05) is 35.2 Å². The van der Waals surface area contributed by atoms with Crippen LogP contribution < -0.4 is 20.9 Å². The van der Waals surface area contributed by atoms with E-state index in [-0.39, 0.29) is 24.3 Å². The van der Waals surface area contributed by atoms with E-state index in [1.165, 1.54) is 31.4 Å². The molecule has 2 aliphatic heterocycles. The fraction of sp³-hybridized carbons (Fsp3) is 0.300. The Morgan fingerprint density at radius 1 is 1.07 bits per heavy atom. The first kappa shape index (κ1) is 18.0. The molecular formula is C20H21N5O3. The number of carbonyl (C=O) groups excluding carboxylic acids is 3. The fourth-order valence-corrected chi connectivity index (χ4v) is 3.42. The maximum Gasteiger partial charge on any atom is 0.256 e. The van der Waals surface area contributed by atoms with Gasteiger partial charge in [-0.2, -0.15) is 0 Å². The highest BCUT2D eigenvalue weighted by Crippen LogP contribution is 2.22. The zero-order chi connectivity index (χ0) is 19.5. The first-order valence-corrected chi connectivity index (χ1v) is 9.34. The van der Waals surface area contributed by atoms with Crippen molar-refractivity contribution in [1.82, 2.24) is 10.3 Å². The Morgan fingerprint density at radius 3 is 2.64 bits per heavy atom. The lowest BCUT2D eigenvalue weighted by Crippen LogP contribution is -2.29. The summed E-state index contributed by atoms with van der Waals surface area (Å²) in [5.74, 6) is -0.600. The van der Waals surface area contributed by atoms with Gasteiger partial charge >= 0.3 is 0 Å². The number of nitrogens with one attached hydrogen (secondary N) is 3. The summed E-state index contributed by atoms with van der Waals surface area (Å²) >= 11 is 0. The number of piperidine rings is 1. The molecule has 2 aromatic rings. The van der Waals surface area contributed by atoms with E-state index in [0.29, 0.717) is 22.6 Å². The van der Waals surface area contributed by atoms with Gasteiger partial charge in [0, 0.05) is 18.7 Å². The van der Waals surface area contributed by atoms with Crippen LogP contribution in [0, 0.1) is 0 Å². The van der Waals surface area contributed by atoms with Gasteiger partial charge in [-0.15, -0.1) is 0 Å². The largest absolute Gasteiger partial charge is 0.370 e. The number of rotatable bonds is 3. The summed E-state index contributed by atoms with van der Waals surface area (Å²) in [4.78, 5) is 42.8. The molecule has 0 bridgehead atoms. The highest BCUT2D eigenvalue weighted by Gasteiger charge is 2.20. The van der Waals surface area contributed by atoms with E-state index < -0.39 is 0 Å². The Morgan fingerprint density at radius 2 is 1.89 bits per heavy atom. The molecule has 1 fully saturated rings. The van der Waals surface area contributed by atoms with E-state index >= 15 is 0 Å². The highest BCUT2D eigenvalue weighted by atomic mass is 16.2. The first-order valence-electron chi connectivity index (χ1n) is 9.34. The minimum absolute atomic E-state index is 0.0949. The van der Waals surface area contributed by atoms with E-state index in [2.05, 4.69) is 25.8 Å². The van der Waals surface area contributed by atoms with Crippen molar-refractivity contribution in [2.45, 2.75) is 19.3 Å². The van der Waals surface area contributed by atoms with Crippen LogP contribution in [0.3, 0.4) is 0 Å². The van der Waals surface area contributed by atoms with Gasteiger partial charge < -0.3 is 20.9 Å². The Labute approximate surface area is 162 Å². The molecule has 3 amide bonds. The number of benzene rings is 1. The van der Waals surface area contributed by atoms with Gasteiger partial charge in [0.25, 0.3) is 11.8 Å². The molecule has 1 aromatic heterocycles. The number of carbonyl (C=O) groups is 3. The third kappa shape index (κ3) is 3.80. The predicted molar refractivity (Wildman–Crippen MR) is 106 cm³/mol. The maximum absolute atomic E-state index is 12.6. The summed E-state index contributed by atoms with van der Waals surface area (Å²) in [5, 5.41) is 7.89. The number of amides is 3. The van der Waals surface area contributed by atoms with Crippen molar-refractivity contribution in [1.29, 1.82) is 0 Å². The molecule has 0 spiro atoms. The number of nitrogens with zero attached hydrogens (tertiary/aromatic N) is 2. The number of pyridine rings is 1. The van der Waals surface area contributed by atoms with E-state index in [1.807, 2.05) is 6.07 Å². The van der Waals surface area contributed by atoms with Crippen molar-refractivity contribution in [3.8, 4) is 0 Å². The standard InChI is InChI=1S/C20H21N5O3/c26-18-12-22-20(28)15-6-4-13(10-16(15)23-18)19(27)24-17-7-5-14(11-21-17)25-8-2-1-3-9-25/h4-7,10-11H,1-3,8-9,12H2,(H,22,28)(H,23,26)(H,21,24,27). The van der Waals surface area contributed by atoms with Crippen LogP contribution in [0.15, 0.2) is 36.5 Å². The molecule has 3 N–H and O–H groups in total. The van der Waals surface area contributed by atoms with E-state index in [1.54, 1.807) is 18.3 Å². The second kappa shape index (κ2) is 7.67. The molecule has 2 aliphatic rings. The molecule has 1 aromatic carbocycles. The summed E-state index contributed by atoms with van der Waals surface area (Å²) < 4.78 is 0. The van der Waals surface area contributed by atoms with Gasteiger partial charge in [-0.25, -0.2) is 4.98 Å². The second-order valence-corrected chi connectivity index (χ2v) is 6.89.